The van der Waals surface area contributed by atoms with E-state index in [2.05, 4.69) is 35.6 Å². The van der Waals surface area contributed by atoms with Crippen LogP contribution in [0.4, 0.5) is 11.4 Å². The summed E-state index contributed by atoms with van der Waals surface area (Å²) in [6.45, 7) is 0. The number of anilines is 2. The molecule has 0 amide bonds. The SMILES string of the molecule is O=C(c1ccc(Cl)cc1)n1ccc2cc(Nc3ccc(C4CC4)cc3)ccc21. The lowest BCUT2D eigenvalue weighted by Gasteiger charge is -2.09. The van der Waals surface area contributed by atoms with Gasteiger partial charge in [0.25, 0.3) is 5.91 Å². The van der Waals surface area contributed by atoms with Gasteiger partial charge in [0, 0.05) is 33.5 Å². The van der Waals surface area contributed by atoms with Crippen molar-refractivity contribution in [2.45, 2.75) is 18.8 Å². The number of carbonyl (C=O) groups is 1. The quantitative estimate of drug-likeness (QED) is 0.428. The van der Waals surface area contributed by atoms with Gasteiger partial charge < -0.3 is 5.32 Å². The topological polar surface area (TPSA) is 34.0 Å². The molecule has 0 bridgehead atoms. The molecule has 0 spiro atoms. The summed E-state index contributed by atoms with van der Waals surface area (Å²) in [5.74, 6) is 0.700. The number of rotatable bonds is 4. The van der Waals surface area contributed by atoms with E-state index >= 15 is 0 Å². The van der Waals surface area contributed by atoms with Crippen LogP contribution in [0.5, 0.6) is 0 Å². The van der Waals surface area contributed by atoms with Gasteiger partial charge >= 0.3 is 0 Å². The van der Waals surface area contributed by atoms with Gasteiger partial charge in [0.2, 0.25) is 0 Å². The van der Waals surface area contributed by atoms with Crippen LogP contribution in [0.3, 0.4) is 0 Å². The molecular weight excluding hydrogens is 368 g/mol. The van der Waals surface area contributed by atoms with Gasteiger partial charge in [-0.2, -0.15) is 0 Å². The lowest BCUT2D eigenvalue weighted by molar-refractivity contribution is 0.0965. The van der Waals surface area contributed by atoms with Crippen LogP contribution in [-0.2, 0) is 0 Å². The molecule has 1 aliphatic carbocycles. The molecule has 1 heterocycles. The van der Waals surface area contributed by atoms with Crippen LogP contribution in [-0.4, -0.2) is 10.5 Å². The number of hydrogen-bond donors (Lipinski definition) is 1. The summed E-state index contributed by atoms with van der Waals surface area (Å²) in [4.78, 5) is 12.8. The van der Waals surface area contributed by atoms with E-state index < -0.39 is 0 Å². The van der Waals surface area contributed by atoms with Crippen molar-refractivity contribution >= 4 is 39.8 Å². The van der Waals surface area contributed by atoms with Crippen LogP contribution < -0.4 is 5.32 Å². The minimum Gasteiger partial charge on any atom is -0.356 e. The molecule has 1 fully saturated rings. The molecule has 0 radical (unpaired) electrons. The Kier molecular flexibility index (Phi) is 4.18. The fourth-order valence-electron chi connectivity index (χ4n) is 3.55. The second-order valence-corrected chi connectivity index (χ2v) is 7.73. The van der Waals surface area contributed by atoms with Gasteiger partial charge in [0.1, 0.15) is 0 Å². The Morgan fingerprint density at radius 2 is 1.61 bits per heavy atom. The van der Waals surface area contributed by atoms with Crippen molar-refractivity contribution in [3.63, 3.8) is 0 Å². The standard InChI is InChI=1S/C24H19ClN2O/c25-20-7-3-18(4-8-20)24(28)27-14-13-19-15-22(11-12-23(19)27)26-21-9-5-17(6-10-21)16-1-2-16/h3-16,26H,1-2H2. The maximum atomic E-state index is 12.8. The van der Waals surface area contributed by atoms with Crippen LogP contribution in [0.15, 0.2) is 79.0 Å². The molecule has 1 N–H and O–H groups in total. The molecule has 3 nitrogen and oxygen atoms in total. The smallest absolute Gasteiger partial charge is 0.262 e. The van der Waals surface area contributed by atoms with Crippen LogP contribution in [0.1, 0.15) is 34.7 Å². The van der Waals surface area contributed by atoms with E-state index in [9.17, 15) is 4.79 Å². The Hall–Kier alpha value is -3.04. The molecule has 0 atom stereocenters. The largest absolute Gasteiger partial charge is 0.356 e. The van der Waals surface area contributed by atoms with Crippen molar-refractivity contribution in [2.75, 3.05) is 5.32 Å². The minimum atomic E-state index is -0.0666. The molecule has 4 aromatic rings. The van der Waals surface area contributed by atoms with Crippen molar-refractivity contribution in [2.24, 2.45) is 0 Å². The first kappa shape index (κ1) is 17.1. The van der Waals surface area contributed by atoms with Crippen LogP contribution in [0.25, 0.3) is 10.9 Å². The molecule has 0 unspecified atom stereocenters. The molecule has 1 aromatic heterocycles. The van der Waals surface area contributed by atoms with E-state index in [4.69, 9.17) is 11.6 Å². The number of nitrogens with zero attached hydrogens (tertiary/aromatic N) is 1. The van der Waals surface area contributed by atoms with Crippen molar-refractivity contribution in [3.8, 4) is 0 Å². The monoisotopic (exact) mass is 386 g/mol. The van der Waals surface area contributed by atoms with E-state index in [0.717, 1.165) is 28.2 Å². The average Bonchev–Trinajstić information content (AvgIpc) is 3.48. The van der Waals surface area contributed by atoms with Gasteiger partial charge in [-0.15, -0.1) is 0 Å². The molecule has 4 heteroatoms. The fraction of sp³-hybridized carbons (Fsp3) is 0.125. The van der Waals surface area contributed by atoms with Gasteiger partial charge in [-0.05, 0) is 85.0 Å². The summed E-state index contributed by atoms with van der Waals surface area (Å²) in [6.07, 6.45) is 4.44. The highest BCUT2D eigenvalue weighted by Crippen LogP contribution is 2.40. The molecule has 1 saturated carbocycles. The first-order valence-corrected chi connectivity index (χ1v) is 9.83. The number of hydrogen-bond acceptors (Lipinski definition) is 2. The summed E-state index contributed by atoms with van der Waals surface area (Å²) in [7, 11) is 0. The van der Waals surface area contributed by atoms with Crippen molar-refractivity contribution in [3.05, 3.63) is 95.1 Å². The summed E-state index contributed by atoms with van der Waals surface area (Å²) in [5.41, 5.74) is 5.00. The zero-order chi connectivity index (χ0) is 19.1. The summed E-state index contributed by atoms with van der Waals surface area (Å²) < 4.78 is 1.67. The molecule has 28 heavy (non-hydrogen) atoms. The normalized spacial score (nSPS) is 13.6. The molecular formula is C24H19ClN2O. The number of aromatic nitrogens is 1. The number of halogens is 1. The minimum absolute atomic E-state index is 0.0666. The van der Waals surface area contributed by atoms with Crippen LogP contribution in [0, 0.1) is 0 Å². The number of carbonyl (C=O) groups excluding carboxylic acids is 1. The second kappa shape index (κ2) is 6.84. The van der Waals surface area contributed by atoms with Gasteiger partial charge in [0.05, 0.1) is 5.52 Å². The third-order valence-corrected chi connectivity index (χ3v) is 5.50. The van der Waals surface area contributed by atoms with E-state index in [1.807, 2.05) is 24.4 Å². The van der Waals surface area contributed by atoms with Crippen LogP contribution >= 0.6 is 11.6 Å². The maximum Gasteiger partial charge on any atom is 0.262 e. The molecule has 5 rings (SSSR count). The predicted octanol–water partition coefficient (Wildman–Crippen LogP) is 6.60. The Morgan fingerprint density at radius 3 is 2.32 bits per heavy atom. The van der Waals surface area contributed by atoms with Crippen molar-refractivity contribution in [1.29, 1.82) is 0 Å². The van der Waals surface area contributed by atoms with Crippen LogP contribution in [0.2, 0.25) is 5.02 Å². The second-order valence-electron chi connectivity index (χ2n) is 7.29. The lowest BCUT2D eigenvalue weighted by Crippen LogP contribution is -2.10. The highest BCUT2D eigenvalue weighted by Gasteiger charge is 2.22. The first-order chi connectivity index (χ1) is 13.7. The summed E-state index contributed by atoms with van der Waals surface area (Å²) in [5, 5.41) is 5.09. The third-order valence-electron chi connectivity index (χ3n) is 5.25. The number of benzene rings is 3. The average molecular weight is 387 g/mol. The van der Waals surface area contributed by atoms with Crippen molar-refractivity contribution in [1.82, 2.24) is 4.57 Å². The number of fused-ring (bicyclic) bond motifs is 1. The Bertz CT molecular complexity index is 1160. The predicted molar refractivity (Wildman–Crippen MR) is 115 cm³/mol. The Morgan fingerprint density at radius 1 is 0.893 bits per heavy atom. The highest BCUT2D eigenvalue weighted by atomic mass is 35.5. The maximum absolute atomic E-state index is 12.8. The third kappa shape index (κ3) is 3.30. The van der Waals surface area contributed by atoms with Gasteiger partial charge in [-0.25, -0.2) is 0 Å². The van der Waals surface area contributed by atoms with Gasteiger partial charge in [-0.3, -0.25) is 9.36 Å². The molecule has 3 aromatic carbocycles. The Labute approximate surface area is 168 Å². The Balaban J connectivity index is 1.39. The van der Waals surface area contributed by atoms with E-state index in [0.29, 0.717) is 10.6 Å². The van der Waals surface area contributed by atoms with E-state index in [1.54, 1.807) is 28.8 Å². The molecule has 1 aliphatic rings. The van der Waals surface area contributed by atoms with Crippen molar-refractivity contribution < 1.29 is 4.79 Å². The lowest BCUT2D eigenvalue weighted by atomic mass is 10.1. The summed E-state index contributed by atoms with van der Waals surface area (Å²) in [6, 6.07) is 23.6. The molecule has 138 valence electrons. The molecule has 0 saturated heterocycles. The first-order valence-electron chi connectivity index (χ1n) is 9.46. The molecule has 0 aliphatic heterocycles. The highest BCUT2D eigenvalue weighted by molar-refractivity contribution is 6.30. The van der Waals surface area contributed by atoms with E-state index in [1.165, 1.54) is 18.4 Å². The van der Waals surface area contributed by atoms with E-state index in [-0.39, 0.29) is 5.91 Å². The van der Waals surface area contributed by atoms with Gasteiger partial charge in [-0.1, -0.05) is 23.7 Å². The summed E-state index contributed by atoms with van der Waals surface area (Å²) >= 11 is 5.92. The fourth-order valence-corrected chi connectivity index (χ4v) is 3.68. The zero-order valence-corrected chi connectivity index (χ0v) is 16.0. The zero-order valence-electron chi connectivity index (χ0n) is 15.2. The van der Waals surface area contributed by atoms with Gasteiger partial charge in [0.15, 0.2) is 0 Å². The number of nitrogens with one attached hydrogen (secondary N) is 1.